The van der Waals surface area contributed by atoms with Crippen LogP contribution in [0, 0.1) is 0 Å². The third kappa shape index (κ3) is 4.27. The van der Waals surface area contributed by atoms with Gasteiger partial charge >= 0.3 is 6.18 Å². The molecule has 22 heavy (non-hydrogen) atoms. The quantitative estimate of drug-likeness (QED) is 0.896. The average molecular weight is 329 g/mol. The van der Waals surface area contributed by atoms with Crippen LogP contribution >= 0.6 is 11.3 Å². The monoisotopic (exact) mass is 329 g/mol. The molecule has 0 bridgehead atoms. The van der Waals surface area contributed by atoms with Gasteiger partial charge in [-0.3, -0.25) is 10.1 Å². The molecule has 0 radical (unpaired) electrons. The summed E-state index contributed by atoms with van der Waals surface area (Å²) in [6, 6.07) is 4.03. The molecule has 1 N–H and O–H groups in total. The number of hydrogen-bond acceptors (Lipinski definition) is 4. The fourth-order valence-corrected chi connectivity index (χ4v) is 2.49. The molecule has 4 nitrogen and oxygen atoms in total. The summed E-state index contributed by atoms with van der Waals surface area (Å²) in [5.41, 5.74) is -0.653. The Balaban J connectivity index is 2.01. The minimum absolute atomic E-state index is 0.137. The van der Waals surface area contributed by atoms with E-state index >= 15 is 0 Å². The Morgan fingerprint density at radius 1 is 1.23 bits per heavy atom. The molecule has 0 aliphatic carbocycles. The third-order valence-electron chi connectivity index (χ3n) is 2.91. The molecule has 1 amide bonds. The molecule has 0 atom stereocenters. The summed E-state index contributed by atoms with van der Waals surface area (Å²) in [6.45, 7) is 2.06. The molecular weight excluding hydrogens is 315 g/mol. The van der Waals surface area contributed by atoms with Crippen LogP contribution in [0.5, 0.6) is 0 Å². The summed E-state index contributed by atoms with van der Waals surface area (Å²) >= 11 is 1.27. The number of unbranched alkanes of at least 4 members (excludes halogenated alkanes) is 1. The number of rotatable bonds is 5. The minimum Gasteiger partial charge on any atom is -0.296 e. The summed E-state index contributed by atoms with van der Waals surface area (Å²) in [5.74, 6) is -0.507. The van der Waals surface area contributed by atoms with Crippen LogP contribution in [0.2, 0.25) is 0 Å². The van der Waals surface area contributed by atoms with Crippen molar-refractivity contribution in [2.45, 2.75) is 32.4 Å². The fourth-order valence-electron chi connectivity index (χ4n) is 1.71. The van der Waals surface area contributed by atoms with Crippen LogP contribution in [0.15, 0.2) is 24.3 Å². The van der Waals surface area contributed by atoms with Gasteiger partial charge in [0.05, 0.1) is 5.56 Å². The van der Waals surface area contributed by atoms with Crippen molar-refractivity contribution in [3.8, 4) is 0 Å². The lowest BCUT2D eigenvalue weighted by Gasteiger charge is -2.07. The smallest absolute Gasteiger partial charge is 0.296 e. The van der Waals surface area contributed by atoms with Crippen LogP contribution in [-0.2, 0) is 12.6 Å². The number of amides is 1. The highest BCUT2D eigenvalue weighted by molar-refractivity contribution is 7.15. The Labute approximate surface area is 129 Å². The molecule has 0 fully saturated rings. The zero-order valence-electron chi connectivity index (χ0n) is 11.8. The summed E-state index contributed by atoms with van der Waals surface area (Å²) in [4.78, 5) is 11.9. The molecule has 0 saturated carbocycles. The summed E-state index contributed by atoms with van der Waals surface area (Å²) in [5, 5.41) is 11.5. The predicted molar refractivity (Wildman–Crippen MR) is 77.9 cm³/mol. The molecule has 2 rings (SSSR count). The second-order valence-corrected chi connectivity index (χ2v) is 5.70. The maximum absolute atomic E-state index is 12.5. The molecule has 118 valence electrons. The van der Waals surface area contributed by atoms with E-state index in [2.05, 4.69) is 22.4 Å². The number of carbonyl (C=O) groups excluding carboxylic acids is 1. The Hall–Kier alpha value is -1.96. The van der Waals surface area contributed by atoms with Gasteiger partial charge < -0.3 is 0 Å². The van der Waals surface area contributed by atoms with Crippen LogP contribution in [0.1, 0.15) is 40.7 Å². The first kappa shape index (κ1) is 16.4. The van der Waals surface area contributed by atoms with E-state index in [1.165, 1.54) is 11.3 Å². The number of nitrogens with one attached hydrogen (secondary N) is 1. The van der Waals surface area contributed by atoms with E-state index in [4.69, 9.17) is 0 Å². The van der Waals surface area contributed by atoms with Crippen LogP contribution in [0.25, 0.3) is 0 Å². The first-order valence-corrected chi connectivity index (χ1v) is 7.53. The number of hydrogen-bond donors (Lipinski definition) is 1. The van der Waals surface area contributed by atoms with Gasteiger partial charge in [0.15, 0.2) is 0 Å². The van der Waals surface area contributed by atoms with Crippen molar-refractivity contribution in [3.63, 3.8) is 0 Å². The van der Waals surface area contributed by atoms with E-state index in [9.17, 15) is 18.0 Å². The van der Waals surface area contributed by atoms with Gasteiger partial charge in [0.25, 0.3) is 5.91 Å². The SMILES string of the molecule is CCCCc1nnc(NC(=O)c2ccc(C(F)(F)F)cc2)s1. The van der Waals surface area contributed by atoms with Crippen molar-refractivity contribution < 1.29 is 18.0 Å². The molecule has 1 aromatic carbocycles. The number of aromatic nitrogens is 2. The van der Waals surface area contributed by atoms with Gasteiger partial charge in [0, 0.05) is 12.0 Å². The number of halogens is 3. The fraction of sp³-hybridized carbons (Fsp3) is 0.357. The average Bonchev–Trinajstić information content (AvgIpc) is 2.92. The van der Waals surface area contributed by atoms with Crippen molar-refractivity contribution in [1.82, 2.24) is 10.2 Å². The molecular formula is C14H14F3N3OS. The van der Waals surface area contributed by atoms with E-state index in [1.807, 2.05) is 0 Å². The van der Waals surface area contributed by atoms with E-state index in [0.717, 1.165) is 48.5 Å². The second-order valence-electron chi connectivity index (χ2n) is 4.63. The van der Waals surface area contributed by atoms with Gasteiger partial charge in [-0.25, -0.2) is 0 Å². The lowest BCUT2D eigenvalue weighted by atomic mass is 10.1. The van der Waals surface area contributed by atoms with Crippen LogP contribution < -0.4 is 5.32 Å². The molecule has 0 saturated heterocycles. The lowest BCUT2D eigenvalue weighted by molar-refractivity contribution is -0.137. The highest BCUT2D eigenvalue weighted by Crippen LogP contribution is 2.29. The van der Waals surface area contributed by atoms with Crippen molar-refractivity contribution in [2.24, 2.45) is 0 Å². The number of nitrogens with zero attached hydrogens (tertiary/aromatic N) is 2. The van der Waals surface area contributed by atoms with Crippen molar-refractivity contribution >= 4 is 22.4 Å². The van der Waals surface area contributed by atoms with Crippen molar-refractivity contribution in [1.29, 1.82) is 0 Å². The first-order valence-electron chi connectivity index (χ1n) is 6.71. The molecule has 0 aliphatic heterocycles. The van der Waals surface area contributed by atoms with Gasteiger partial charge in [0.1, 0.15) is 5.01 Å². The molecule has 8 heteroatoms. The summed E-state index contributed by atoms with van der Waals surface area (Å²) < 4.78 is 37.4. The molecule has 1 aromatic heterocycles. The van der Waals surface area contributed by atoms with Crippen molar-refractivity contribution in [3.05, 3.63) is 40.4 Å². The summed E-state index contributed by atoms with van der Waals surface area (Å²) in [7, 11) is 0. The molecule has 0 spiro atoms. The minimum atomic E-state index is -4.41. The van der Waals surface area contributed by atoms with E-state index < -0.39 is 17.6 Å². The highest BCUT2D eigenvalue weighted by atomic mass is 32.1. The number of anilines is 1. The van der Waals surface area contributed by atoms with Gasteiger partial charge in [0.2, 0.25) is 5.13 Å². The van der Waals surface area contributed by atoms with Gasteiger partial charge in [-0.05, 0) is 30.7 Å². The number of aryl methyl sites for hydroxylation is 1. The Kier molecular flexibility index (Phi) is 5.12. The van der Waals surface area contributed by atoms with Crippen molar-refractivity contribution in [2.75, 3.05) is 5.32 Å². The summed E-state index contributed by atoms with van der Waals surface area (Å²) in [6.07, 6.45) is -1.60. The largest absolute Gasteiger partial charge is 0.416 e. The van der Waals surface area contributed by atoms with E-state index in [0.29, 0.717) is 5.13 Å². The van der Waals surface area contributed by atoms with Gasteiger partial charge in [-0.1, -0.05) is 24.7 Å². The Morgan fingerprint density at radius 3 is 2.50 bits per heavy atom. The Morgan fingerprint density at radius 2 is 1.91 bits per heavy atom. The maximum atomic E-state index is 12.5. The zero-order valence-corrected chi connectivity index (χ0v) is 12.6. The molecule has 1 heterocycles. The lowest BCUT2D eigenvalue weighted by Crippen LogP contribution is -2.12. The van der Waals surface area contributed by atoms with Gasteiger partial charge in [-0.2, -0.15) is 13.2 Å². The normalized spacial score (nSPS) is 11.5. The van der Waals surface area contributed by atoms with Crippen LogP contribution in [0.4, 0.5) is 18.3 Å². The first-order chi connectivity index (χ1) is 10.4. The van der Waals surface area contributed by atoms with Crippen LogP contribution in [0.3, 0.4) is 0 Å². The third-order valence-corrected chi connectivity index (χ3v) is 3.80. The molecule has 0 unspecified atom stereocenters. The zero-order chi connectivity index (χ0) is 16.2. The highest BCUT2D eigenvalue weighted by Gasteiger charge is 2.30. The number of carbonyl (C=O) groups is 1. The van der Waals surface area contributed by atoms with Gasteiger partial charge in [-0.15, -0.1) is 10.2 Å². The number of alkyl halides is 3. The number of benzene rings is 1. The molecule has 0 aliphatic rings. The predicted octanol–water partition coefficient (Wildman–Crippen LogP) is 4.15. The maximum Gasteiger partial charge on any atom is 0.416 e. The standard InChI is InChI=1S/C14H14F3N3OS/c1-2-3-4-11-19-20-13(22-11)18-12(21)9-5-7-10(8-6-9)14(15,16)17/h5-8H,2-4H2,1H3,(H,18,20,21). The van der Waals surface area contributed by atoms with Crippen LogP contribution in [-0.4, -0.2) is 16.1 Å². The topological polar surface area (TPSA) is 54.9 Å². The van der Waals surface area contributed by atoms with E-state index in [1.54, 1.807) is 0 Å². The second kappa shape index (κ2) is 6.87. The Bertz CT molecular complexity index is 638. The van der Waals surface area contributed by atoms with E-state index in [-0.39, 0.29) is 5.56 Å². The molecule has 2 aromatic rings.